The van der Waals surface area contributed by atoms with E-state index in [4.69, 9.17) is 4.43 Å². The van der Waals surface area contributed by atoms with Gasteiger partial charge in [0.2, 0.25) is 0 Å². The predicted octanol–water partition coefficient (Wildman–Crippen LogP) is 7.74. The van der Waals surface area contributed by atoms with E-state index in [9.17, 15) is 4.79 Å². The topological polar surface area (TPSA) is 26.3 Å². The first-order chi connectivity index (χ1) is 15.2. The molecule has 3 aromatic carbocycles. The van der Waals surface area contributed by atoms with Crippen LogP contribution in [0.25, 0.3) is 6.08 Å². The number of benzene rings is 3. The summed E-state index contributed by atoms with van der Waals surface area (Å²) >= 11 is 0. The number of carbonyl (C=O) groups excluding carboxylic acids is 1. The lowest BCUT2D eigenvalue weighted by Crippen LogP contribution is -2.40. The minimum absolute atomic E-state index is 0.107. The summed E-state index contributed by atoms with van der Waals surface area (Å²) in [5, 5.41) is 0.180. The van der Waals surface area contributed by atoms with Gasteiger partial charge >= 0.3 is 0 Å². The highest BCUT2D eigenvalue weighted by Crippen LogP contribution is 2.36. The monoisotopic (exact) mass is 442 g/mol. The molecule has 0 aromatic heterocycles. The highest BCUT2D eigenvalue weighted by molar-refractivity contribution is 6.74. The Bertz CT molecular complexity index is 1050. The van der Waals surface area contributed by atoms with Gasteiger partial charge in [-0.2, -0.15) is 0 Å². The molecule has 0 aliphatic rings. The first-order valence-corrected chi connectivity index (χ1v) is 14.2. The molecule has 0 saturated heterocycles. The van der Waals surface area contributed by atoms with Gasteiger partial charge in [-0.05, 0) is 34.8 Å². The van der Waals surface area contributed by atoms with E-state index in [0.717, 1.165) is 22.3 Å². The van der Waals surface area contributed by atoms with Crippen molar-refractivity contribution >= 4 is 20.2 Å². The van der Waals surface area contributed by atoms with Gasteiger partial charge in [0.15, 0.2) is 14.1 Å². The van der Waals surface area contributed by atoms with Crippen LogP contribution in [0.4, 0.5) is 0 Å². The van der Waals surface area contributed by atoms with Gasteiger partial charge in [0.25, 0.3) is 0 Å². The van der Waals surface area contributed by atoms with Crippen molar-refractivity contribution in [3.05, 3.63) is 113 Å². The standard InChI is InChI=1S/C29H34O2Si/c1-29(2,3)32(4,5)31-22-14-20-23-15-12-13-21-26(23)27(24-16-8-6-9-17-24)28(30)25-18-10-7-11-19-25/h6-21,27H,22H2,1-5H3/b20-14+. The van der Waals surface area contributed by atoms with Crippen molar-refractivity contribution in [1.29, 1.82) is 0 Å². The van der Waals surface area contributed by atoms with E-state index in [2.05, 4.69) is 58.2 Å². The summed E-state index contributed by atoms with van der Waals surface area (Å²) in [6.45, 7) is 11.8. The summed E-state index contributed by atoms with van der Waals surface area (Å²) in [6.07, 6.45) is 4.17. The largest absolute Gasteiger partial charge is 0.413 e. The molecule has 0 spiro atoms. The van der Waals surface area contributed by atoms with Gasteiger partial charge in [-0.1, -0.05) is 118 Å². The van der Waals surface area contributed by atoms with Gasteiger partial charge in [0, 0.05) is 5.56 Å². The molecule has 166 valence electrons. The highest BCUT2D eigenvalue weighted by Gasteiger charge is 2.36. The molecule has 1 atom stereocenters. The smallest absolute Gasteiger partial charge is 0.192 e. The van der Waals surface area contributed by atoms with Gasteiger partial charge in [0.1, 0.15) is 0 Å². The third-order valence-electron chi connectivity index (χ3n) is 6.40. The number of rotatable bonds is 8. The summed E-state index contributed by atoms with van der Waals surface area (Å²) in [4.78, 5) is 13.6. The second-order valence-corrected chi connectivity index (χ2v) is 14.5. The molecule has 32 heavy (non-hydrogen) atoms. The number of Topliss-reactive ketones (excluding diaryl/α,β-unsaturated/α-hetero) is 1. The van der Waals surface area contributed by atoms with Crippen LogP contribution >= 0.6 is 0 Å². The average Bonchev–Trinajstić information content (AvgIpc) is 2.78. The van der Waals surface area contributed by atoms with Crippen LogP contribution in [0.2, 0.25) is 18.1 Å². The molecule has 0 bridgehead atoms. The van der Waals surface area contributed by atoms with Crippen LogP contribution in [-0.4, -0.2) is 20.7 Å². The quantitative estimate of drug-likeness (QED) is 0.263. The molecule has 3 aromatic rings. The highest BCUT2D eigenvalue weighted by atomic mass is 28.4. The second kappa shape index (κ2) is 10.2. The summed E-state index contributed by atoms with van der Waals surface area (Å²) < 4.78 is 6.30. The Labute approximate surface area is 194 Å². The van der Waals surface area contributed by atoms with Crippen molar-refractivity contribution in [3.63, 3.8) is 0 Å². The molecule has 0 radical (unpaired) electrons. The molecule has 0 saturated carbocycles. The SMILES string of the molecule is CC(C)(C)[Si](C)(C)OC/C=C/c1ccccc1C(C(=O)c1ccccc1)c1ccccc1. The molecule has 0 heterocycles. The molecule has 0 fully saturated rings. The van der Waals surface area contributed by atoms with Gasteiger partial charge in [-0.25, -0.2) is 0 Å². The Hall–Kier alpha value is -2.75. The van der Waals surface area contributed by atoms with Crippen molar-refractivity contribution < 1.29 is 9.22 Å². The molecular formula is C29H34O2Si. The lowest BCUT2D eigenvalue weighted by atomic mass is 9.82. The van der Waals surface area contributed by atoms with Crippen LogP contribution < -0.4 is 0 Å². The number of carbonyl (C=O) groups is 1. The zero-order valence-corrected chi connectivity index (χ0v) is 20.8. The zero-order valence-electron chi connectivity index (χ0n) is 19.8. The van der Waals surface area contributed by atoms with E-state index in [-0.39, 0.29) is 16.7 Å². The fraction of sp³-hybridized carbons (Fsp3) is 0.276. The molecule has 3 rings (SSSR count). The normalized spacial score (nSPS) is 13.3. The lowest BCUT2D eigenvalue weighted by molar-refractivity contribution is 0.0974. The van der Waals surface area contributed by atoms with Crippen molar-refractivity contribution in [2.75, 3.05) is 6.61 Å². The van der Waals surface area contributed by atoms with Gasteiger partial charge < -0.3 is 4.43 Å². The van der Waals surface area contributed by atoms with Crippen molar-refractivity contribution in [3.8, 4) is 0 Å². The van der Waals surface area contributed by atoms with E-state index in [1.807, 2.05) is 72.8 Å². The second-order valence-electron chi connectivity index (χ2n) is 9.68. The third-order valence-corrected chi connectivity index (χ3v) is 10.9. The summed E-state index contributed by atoms with van der Waals surface area (Å²) in [5.74, 6) is -0.254. The first-order valence-electron chi connectivity index (χ1n) is 11.2. The molecule has 0 aliphatic heterocycles. The van der Waals surface area contributed by atoms with E-state index in [1.165, 1.54) is 0 Å². The van der Waals surface area contributed by atoms with E-state index in [1.54, 1.807) is 0 Å². The van der Waals surface area contributed by atoms with Crippen LogP contribution in [0.5, 0.6) is 0 Å². The maximum absolute atomic E-state index is 13.6. The molecule has 0 amide bonds. The van der Waals surface area contributed by atoms with Crippen molar-refractivity contribution in [2.24, 2.45) is 0 Å². The van der Waals surface area contributed by atoms with Crippen LogP contribution in [-0.2, 0) is 4.43 Å². The number of hydrogen-bond donors (Lipinski definition) is 0. The number of hydrogen-bond acceptors (Lipinski definition) is 2. The Morgan fingerprint density at radius 1 is 0.875 bits per heavy atom. The Balaban J connectivity index is 1.93. The van der Waals surface area contributed by atoms with Crippen LogP contribution in [0, 0.1) is 0 Å². The minimum Gasteiger partial charge on any atom is -0.413 e. The van der Waals surface area contributed by atoms with Gasteiger partial charge in [0.05, 0.1) is 12.5 Å². The van der Waals surface area contributed by atoms with Gasteiger partial charge in [-0.3, -0.25) is 4.79 Å². The third kappa shape index (κ3) is 5.73. The molecule has 1 unspecified atom stereocenters. The van der Waals surface area contributed by atoms with E-state index in [0.29, 0.717) is 6.61 Å². The summed E-state index contributed by atoms with van der Waals surface area (Å²) in [7, 11) is -1.80. The number of ketones is 1. The zero-order chi connectivity index (χ0) is 23.2. The molecule has 2 nitrogen and oxygen atoms in total. The molecule has 0 N–H and O–H groups in total. The molecular weight excluding hydrogens is 408 g/mol. The van der Waals surface area contributed by atoms with Crippen LogP contribution in [0.1, 0.15) is 53.7 Å². The Morgan fingerprint density at radius 3 is 2.06 bits per heavy atom. The van der Waals surface area contributed by atoms with E-state index < -0.39 is 8.32 Å². The van der Waals surface area contributed by atoms with E-state index >= 15 is 0 Å². The van der Waals surface area contributed by atoms with Crippen LogP contribution in [0.15, 0.2) is 91.0 Å². The first kappa shape index (κ1) is 23.9. The fourth-order valence-corrected chi connectivity index (χ4v) is 4.41. The predicted molar refractivity (Wildman–Crippen MR) is 138 cm³/mol. The Morgan fingerprint density at radius 2 is 1.44 bits per heavy atom. The fourth-order valence-electron chi connectivity index (χ4n) is 3.46. The lowest BCUT2D eigenvalue weighted by Gasteiger charge is -2.35. The maximum Gasteiger partial charge on any atom is 0.192 e. The summed E-state index contributed by atoms with van der Waals surface area (Å²) in [6, 6.07) is 27.8. The maximum atomic E-state index is 13.6. The molecule has 0 aliphatic carbocycles. The average molecular weight is 443 g/mol. The Kier molecular flexibility index (Phi) is 7.65. The minimum atomic E-state index is -1.80. The summed E-state index contributed by atoms with van der Waals surface area (Å²) in [5.41, 5.74) is 3.78. The van der Waals surface area contributed by atoms with Crippen molar-refractivity contribution in [2.45, 2.75) is 44.8 Å². The van der Waals surface area contributed by atoms with Gasteiger partial charge in [-0.15, -0.1) is 0 Å². The van der Waals surface area contributed by atoms with Crippen molar-refractivity contribution in [1.82, 2.24) is 0 Å². The molecule has 3 heteroatoms. The van der Waals surface area contributed by atoms with Crippen LogP contribution in [0.3, 0.4) is 0 Å².